The van der Waals surface area contributed by atoms with Crippen molar-refractivity contribution in [1.29, 1.82) is 0 Å². The number of carbonyl (C=O) groups is 1. The molecule has 0 aromatic carbocycles. The molecule has 1 amide bonds. The van der Waals surface area contributed by atoms with Crippen LogP contribution in [0.15, 0.2) is 46.0 Å². The van der Waals surface area contributed by atoms with Gasteiger partial charge in [0.1, 0.15) is 12.0 Å². The Morgan fingerprint density at radius 3 is 2.80 bits per heavy atom. The predicted octanol–water partition coefficient (Wildman–Crippen LogP) is 1.63. The van der Waals surface area contributed by atoms with E-state index in [1.54, 1.807) is 16.9 Å². The van der Waals surface area contributed by atoms with Crippen molar-refractivity contribution < 1.29 is 13.7 Å². The Bertz CT molecular complexity index is 843. The summed E-state index contributed by atoms with van der Waals surface area (Å²) in [5.41, 5.74) is 2.33. The average Bonchev–Trinajstić information content (AvgIpc) is 3.36. The fourth-order valence-corrected chi connectivity index (χ4v) is 2.98. The number of carbonyl (C=O) groups excluding carboxylic acids is 1. The molecule has 0 bridgehead atoms. The first kappa shape index (κ1) is 15.6. The van der Waals surface area contributed by atoms with E-state index in [2.05, 4.69) is 15.2 Å². The lowest BCUT2D eigenvalue weighted by atomic mass is 10.2. The maximum Gasteiger partial charge on any atom is 0.257 e. The summed E-state index contributed by atoms with van der Waals surface area (Å²) in [6.07, 6.45) is 6.68. The molecule has 0 N–H and O–H groups in total. The van der Waals surface area contributed by atoms with Gasteiger partial charge in [0, 0.05) is 51.1 Å². The van der Waals surface area contributed by atoms with Crippen LogP contribution in [0.1, 0.15) is 16.1 Å². The molecule has 0 radical (unpaired) electrons. The summed E-state index contributed by atoms with van der Waals surface area (Å²) >= 11 is 0. The minimum Gasteiger partial charge on any atom is -0.472 e. The Hall–Kier alpha value is -2.87. The van der Waals surface area contributed by atoms with E-state index in [9.17, 15) is 4.79 Å². The lowest BCUT2D eigenvalue weighted by Crippen LogP contribution is -2.48. The van der Waals surface area contributed by atoms with Crippen LogP contribution in [0.25, 0.3) is 11.3 Å². The van der Waals surface area contributed by atoms with Crippen molar-refractivity contribution in [2.45, 2.75) is 6.54 Å². The third-order valence-corrected chi connectivity index (χ3v) is 4.37. The summed E-state index contributed by atoms with van der Waals surface area (Å²) in [7, 11) is 1.87. The Labute approximate surface area is 144 Å². The number of nitrogens with zero attached hydrogens (tertiary/aromatic N) is 5. The lowest BCUT2D eigenvalue weighted by Gasteiger charge is -2.33. The van der Waals surface area contributed by atoms with E-state index >= 15 is 0 Å². The van der Waals surface area contributed by atoms with Crippen LogP contribution in [0.5, 0.6) is 0 Å². The van der Waals surface area contributed by atoms with Gasteiger partial charge in [-0.2, -0.15) is 5.10 Å². The van der Waals surface area contributed by atoms with Gasteiger partial charge in [-0.1, -0.05) is 5.16 Å². The largest absolute Gasteiger partial charge is 0.472 e. The Morgan fingerprint density at radius 2 is 2.12 bits per heavy atom. The molecule has 0 aliphatic carbocycles. The molecule has 3 aromatic heterocycles. The zero-order valence-electron chi connectivity index (χ0n) is 14.0. The molecule has 0 saturated carbocycles. The van der Waals surface area contributed by atoms with Gasteiger partial charge in [0.05, 0.1) is 24.6 Å². The molecule has 0 spiro atoms. The fourth-order valence-electron chi connectivity index (χ4n) is 2.98. The van der Waals surface area contributed by atoms with Gasteiger partial charge in [-0.15, -0.1) is 0 Å². The lowest BCUT2D eigenvalue weighted by molar-refractivity contribution is 0.0617. The molecule has 130 valence electrons. The molecule has 3 aromatic rings. The summed E-state index contributed by atoms with van der Waals surface area (Å²) < 4.78 is 12.2. The van der Waals surface area contributed by atoms with Gasteiger partial charge in [-0.25, -0.2) is 0 Å². The second-order valence-corrected chi connectivity index (χ2v) is 6.16. The topological polar surface area (TPSA) is 80.5 Å². The van der Waals surface area contributed by atoms with Crippen molar-refractivity contribution in [3.63, 3.8) is 0 Å². The molecule has 1 saturated heterocycles. The summed E-state index contributed by atoms with van der Waals surface area (Å²) in [5, 5.41) is 8.26. The molecule has 1 aliphatic heterocycles. The Kier molecular flexibility index (Phi) is 4.10. The number of aromatic nitrogens is 3. The smallest absolute Gasteiger partial charge is 0.257 e. The van der Waals surface area contributed by atoms with Crippen molar-refractivity contribution in [1.82, 2.24) is 24.7 Å². The van der Waals surface area contributed by atoms with Crippen molar-refractivity contribution in [2.24, 2.45) is 7.05 Å². The van der Waals surface area contributed by atoms with Gasteiger partial charge in [-0.3, -0.25) is 14.4 Å². The van der Waals surface area contributed by atoms with Gasteiger partial charge >= 0.3 is 0 Å². The number of amides is 1. The van der Waals surface area contributed by atoms with Gasteiger partial charge in [0.2, 0.25) is 0 Å². The number of aryl methyl sites for hydroxylation is 1. The van der Waals surface area contributed by atoms with E-state index in [0.29, 0.717) is 25.2 Å². The van der Waals surface area contributed by atoms with E-state index in [-0.39, 0.29) is 5.91 Å². The molecule has 0 atom stereocenters. The van der Waals surface area contributed by atoms with Gasteiger partial charge in [0.25, 0.3) is 5.91 Å². The second-order valence-electron chi connectivity index (χ2n) is 6.16. The second kappa shape index (κ2) is 6.56. The van der Waals surface area contributed by atoms with E-state index in [1.807, 2.05) is 24.2 Å². The third-order valence-electron chi connectivity index (χ3n) is 4.37. The molecule has 0 unspecified atom stereocenters. The predicted molar refractivity (Wildman–Crippen MR) is 88.6 cm³/mol. The molecule has 25 heavy (non-hydrogen) atoms. The van der Waals surface area contributed by atoms with Crippen LogP contribution in [-0.2, 0) is 13.6 Å². The van der Waals surface area contributed by atoms with E-state index in [0.717, 1.165) is 30.1 Å². The highest BCUT2D eigenvalue weighted by molar-refractivity contribution is 5.93. The van der Waals surface area contributed by atoms with E-state index in [4.69, 9.17) is 8.94 Å². The molecule has 4 heterocycles. The standard InChI is InChI=1S/C17H19N5O3/c1-20-10-14(9-18-20)16-8-15(25-19-16)11-21-3-5-22(6-4-21)17(23)13-2-7-24-12-13/h2,7-10,12H,3-6,11H2,1H3. The number of furan rings is 1. The van der Waals surface area contributed by atoms with Crippen LogP contribution < -0.4 is 0 Å². The first-order valence-electron chi connectivity index (χ1n) is 8.17. The monoisotopic (exact) mass is 341 g/mol. The van der Waals surface area contributed by atoms with Gasteiger partial charge in [-0.05, 0) is 6.07 Å². The quantitative estimate of drug-likeness (QED) is 0.717. The zero-order chi connectivity index (χ0) is 17.2. The molecule has 8 nitrogen and oxygen atoms in total. The summed E-state index contributed by atoms with van der Waals surface area (Å²) in [6.45, 7) is 3.65. The molecule has 1 fully saturated rings. The number of hydrogen-bond donors (Lipinski definition) is 0. The average molecular weight is 341 g/mol. The van der Waals surface area contributed by atoms with Crippen molar-refractivity contribution in [2.75, 3.05) is 26.2 Å². The van der Waals surface area contributed by atoms with Crippen LogP contribution in [0.4, 0.5) is 0 Å². The van der Waals surface area contributed by atoms with Crippen LogP contribution >= 0.6 is 0 Å². The van der Waals surface area contributed by atoms with E-state index < -0.39 is 0 Å². The van der Waals surface area contributed by atoms with Crippen LogP contribution in [-0.4, -0.2) is 56.8 Å². The minimum atomic E-state index is 0.0203. The highest BCUT2D eigenvalue weighted by Gasteiger charge is 2.23. The molecule has 1 aliphatic rings. The van der Waals surface area contributed by atoms with Crippen LogP contribution in [0.2, 0.25) is 0 Å². The number of hydrogen-bond acceptors (Lipinski definition) is 6. The van der Waals surface area contributed by atoms with Crippen molar-refractivity contribution >= 4 is 5.91 Å². The van der Waals surface area contributed by atoms with Crippen LogP contribution in [0, 0.1) is 0 Å². The van der Waals surface area contributed by atoms with Gasteiger partial charge in [0.15, 0.2) is 5.76 Å². The van der Waals surface area contributed by atoms with E-state index in [1.165, 1.54) is 12.5 Å². The third kappa shape index (κ3) is 3.34. The molecular weight excluding hydrogens is 322 g/mol. The van der Waals surface area contributed by atoms with Crippen LogP contribution in [0.3, 0.4) is 0 Å². The molecular formula is C17H19N5O3. The highest BCUT2D eigenvalue weighted by atomic mass is 16.5. The minimum absolute atomic E-state index is 0.0203. The maximum atomic E-state index is 12.3. The first-order chi connectivity index (χ1) is 12.2. The zero-order valence-corrected chi connectivity index (χ0v) is 14.0. The Balaban J connectivity index is 1.33. The summed E-state index contributed by atoms with van der Waals surface area (Å²) in [5.74, 6) is 0.834. The normalized spacial score (nSPS) is 15.6. The SMILES string of the molecule is Cn1cc(-c2cc(CN3CCN(C(=O)c4ccoc4)CC3)on2)cn1. The molecule has 4 rings (SSSR count). The fraction of sp³-hybridized carbons (Fsp3) is 0.353. The summed E-state index contributed by atoms with van der Waals surface area (Å²) in [6, 6.07) is 3.64. The maximum absolute atomic E-state index is 12.3. The highest BCUT2D eigenvalue weighted by Crippen LogP contribution is 2.19. The summed E-state index contributed by atoms with van der Waals surface area (Å²) in [4.78, 5) is 16.4. The molecule has 8 heteroatoms. The first-order valence-corrected chi connectivity index (χ1v) is 8.17. The van der Waals surface area contributed by atoms with Gasteiger partial charge < -0.3 is 13.8 Å². The van der Waals surface area contributed by atoms with Crippen molar-refractivity contribution in [3.8, 4) is 11.3 Å². The number of piperazine rings is 1. The van der Waals surface area contributed by atoms with Crippen molar-refractivity contribution in [3.05, 3.63) is 48.4 Å². The number of rotatable bonds is 4. The Morgan fingerprint density at radius 1 is 1.28 bits per heavy atom.